The molecule has 2 aliphatic rings. The molecule has 2 heterocycles. The van der Waals surface area contributed by atoms with Crippen molar-refractivity contribution in [2.45, 2.75) is 25.4 Å². The lowest BCUT2D eigenvalue weighted by Gasteiger charge is -2.36. The minimum atomic E-state index is -0.777. The van der Waals surface area contributed by atoms with E-state index < -0.39 is 5.60 Å². The first kappa shape index (κ1) is 13.9. The lowest BCUT2D eigenvalue weighted by atomic mass is 9.95. The number of likely N-dealkylation sites (tertiary alicyclic amines) is 1. The maximum absolute atomic E-state index is 12.2. The number of ether oxygens (including phenoxy) is 2. The second-order valence-electron chi connectivity index (χ2n) is 5.81. The van der Waals surface area contributed by atoms with Gasteiger partial charge in [-0.1, -0.05) is 6.07 Å². The summed E-state index contributed by atoms with van der Waals surface area (Å²) in [6, 6.07) is 5.56. The second kappa shape index (κ2) is 5.41. The number of aliphatic hydroxyl groups is 1. The molecule has 1 aromatic carbocycles. The number of carbonyl (C=O) groups excluding carboxylic acids is 1. The normalized spacial score (nSPS) is 24.6. The average molecular weight is 289 g/mol. The van der Waals surface area contributed by atoms with E-state index in [0.717, 1.165) is 24.2 Å². The SMILES string of the molecule is CC1(O)CCCN(C(=O)/C=C/c2ccc3c(c2)OCO3)C1. The van der Waals surface area contributed by atoms with Gasteiger partial charge in [-0.15, -0.1) is 0 Å². The largest absolute Gasteiger partial charge is 0.454 e. The van der Waals surface area contributed by atoms with E-state index >= 15 is 0 Å². The molecule has 1 aromatic rings. The summed E-state index contributed by atoms with van der Waals surface area (Å²) in [6.45, 7) is 3.09. The van der Waals surface area contributed by atoms with Crippen molar-refractivity contribution in [2.24, 2.45) is 0 Å². The molecule has 3 rings (SSSR count). The molecule has 5 nitrogen and oxygen atoms in total. The highest BCUT2D eigenvalue weighted by Gasteiger charge is 2.29. The number of fused-ring (bicyclic) bond motifs is 1. The van der Waals surface area contributed by atoms with Gasteiger partial charge in [-0.25, -0.2) is 0 Å². The van der Waals surface area contributed by atoms with Crippen molar-refractivity contribution < 1.29 is 19.4 Å². The zero-order valence-electron chi connectivity index (χ0n) is 12.0. The zero-order valence-corrected chi connectivity index (χ0v) is 12.0. The van der Waals surface area contributed by atoms with Crippen LogP contribution >= 0.6 is 0 Å². The Labute approximate surface area is 123 Å². The van der Waals surface area contributed by atoms with Gasteiger partial charge >= 0.3 is 0 Å². The van der Waals surface area contributed by atoms with E-state index in [4.69, 9.17) is 9.47 Å². The van der Waals surface area contributed by atoms with Gasteiger partial charge in [0.05, 0.1) is 5.60 Å². The van der Waals surface area contributed by atoms with Crippen molar-refractivity contribution in [1.82, 2.24) is 4.90 Å². The summed E-state index contributed by atoms with van der Waals surface area (Å²) in [4.78, 5) is 13.9. The summed E-state index contributed by atoms with van der Waals surface area (Å²) in [5, 5.41) is 10.0. The highest BCUT2D eigenvalue weighted by molar-refractivity contribution is 5.92. The van der Waals surface area contributed by atoms with Gasteiger partial charge in [-0.2, -0.15) is 0 Å². The monoisotopic (exact) mass is 289 g/mol. The third-order valence-corrected chi connectivity index (χ3v) is 3.80. The molecule has 21 heavy (non-hydrogen) atoms. The molecular weight excluding hydrogens is 270 g/mol. The molecule has 5 heteroatoms. The van der Waals surface area contributed by atoms with Crippen LogP contribution in [0.25, 0.3) is 6.08 Å². The topological polar surface area (TPSA) is 59.0 Å². The summed E-state index contributed by atoms with van der Waals surface area (Å²) in [5.74, 6) is 1.35. The summed E-state index contributed by atoms with van der Waals surface area (Å²) in [7, 11) is 0. The number of hydrogen-bond acceptors (Lipinski definition) is 4. The fraction of sp³-hybridized carbons (Fsp3) is 0.438. The van der Waals surface area contributed by atoms with Crippen molar-refractivity contribution in [1.29, 1.82) is 0 Å². The van der Waals surface area contributed by atoms with Crippen molar-refractivity contribution in [3.63, 3.8) is 0 Å². The van der Waals surface area contributed by atoms with E-state index in [-0.39, 0.29) is 12.7 Å². The first-order valence-corrected chi connectivity index (χ1v) is 7.13. The van der Waals surface area contributed by atoms with E-state index in [9.17, 15) is 9.90 Å². The fourth-order valence-electron chi connectivity index (χ4n) is 2.70. The lowest BCUT2D eigenvalue weighted by Crippen LogP contribution is -2.48. The highest BCUT2D eigenvalue weighted by atomic mass is 16.7. The summed E-state index contributed by atoms with van der Waals surface area (Å²) < 4.78 is 10.6. The fourth-order valence-corrected chi connectivity index (χ4v) is 2.70. The second-order valence-corrected chi connectivity index (χ2v) is 5.81. The predicted octanol–water partition coefficient (Wildman–Crippen LogP) is 1.80. The van der Waals surface area contributed by atoms with Gasteiger partial charge in [0, 0.05) is 19.2 Å². The number of rotatable bonds is 2. The average Bonchev–Trinajstić information content (AvgIpc) is 2.91. The number of benzene rings is 1. The van der Waals surface area contributed by atoms with E-state index in [0.29, 0.717) is 18.8 Å². The van der Waals surface area contributed by atoms with Gasteiger partial charge in [0.25, 0.3) is 0 Å². The van der Waals surface area contributed by atoms with Crippen LogP contribution in [0.4, 0.5) is 0 Å². The van der Waals surface area contributed by atoms with Crippen LogP contribution in [0, 0.1) is 0 Å². The molecule has 1 amide bonds. The molecule has 0 aliphatic carbocycles. The van der Waals surface area contributed by atoms with Crippen LogP contribution < -0.4 is 9.47 Å². The van der Waals surface area contributed by atoms with Gasteiger partial charge in [0.1, 0.15) is 0 Å². The summed E-state index contributed by atoms with van der Waals surface area (Å²) in [6.07, 6.45) is 4.87. The maximum atomic E-state index is 12.2. The Hall–Kier alpha value is -2.01. The predicted molar refractivity (Wildman–Crippen MR) is 78.0 cm³/mol. The van der Waals surface area contributed by atoms with E-state index in [2.05, 4.69) is 0 Å². The van der Waals surface area contributed by atoms with Gasteiger partial charge in [0.2, 0.25) is 12.7 Å². The molecule has 2 aliphatic heterocycles. The number of amides is 1. The highest BCUT2D eigenvalue weighted by Crippen LogP contribution is 2.32. The Morgan fingerprint density at radius 1 is 1.38 bits per heavy atom. The van der Waals surface area contributed by atoms with Crippen LogP contribution in [0.5, 0.6) is 11.5 Å². The smallest absolute Gasteiger partial charge is 0.246 e. The van der Waals surface area contributed by atoms with Crippen molar-refractivity contribution in [3.05, 3.63) is 29.8 Å². The lowest BCUT2D eigenvalue weighted by molar-refractivity contribution is -0.132. The van der Waals surface area contributed by atoms with E-state index in [1.807, 2.05) is 18.2 Å². The van der Waals surface area contributed by atoms with Crippen LogP contribution in [0.15, 0.2) is 24.3 Å². The first-order chi connectivity index (χ1) is 10.0. The summed E-state index contributed by atoms with van der Waals surface area (Å²) in [5.41, 5.74) is 0.108. The molecule has 0 saturated carbocycles. The van der Waals surface area contributed by atoms with Gasteiger partial charge in [-0.05, 0) is 43.5 Å². The standard InChI is InChI=1S/C16H19NO4/c1-16(19)7-2-8-17(10-16)15(18)6-4-12-3-5-13-14(9-12)21-11-20-13/h3-6,9,19H,2,7-8,10-11H2,1H3/b6-4+. The number of piperidine rings is 1. The molecule has 1 N–H and O–H groups in total. The molecule has 112 valence electrons. The molecule has 1 fully saturated rings. The van der Waals surface area contributed by atoms with Crippen LogP contribution in [0.1, 0.15) is 25.3 Å². The third-order valence-electron chi connectivity index (χ3n) is 3.80. The summed E-state index contributed by atoms with van der Waals surface area (Å²) >= 11 is 0. The molecule has 0 radical (unpaired) electrons. The Balaban J connectivity index is 1.67. The molecule has 0 bridgehead atoms. The molecule has 1 unspecified atom stereocenters. The van der Waals surface area contributed by atoms with Gasteiger partial charge in [-0.3, -0.25) is 4.79 Å². The maximum Gasteiger partial charge on any atom is 0.246 e. The van der Waals surface area contributed by atoms with Crippen LogP contribution in [0.2, 0.25) is 0 Å². The number of hydrogen-bond donors (Lipinski definition) is 1. The van der Waals surface area contributed by atoms with Crippen LogP contribution in [0.3, 0.4) is 0 Å². The quantitative estimate of drug-likeness (QED) is 0.844. The minimum absolute atomic E-state index is 0.0763. The van der Waals surface area contributed by atoms with Gasteiger partial charge < -0.3 is 19.5 Å². The van der Waals surface area contributed by atoms with E-state index in [1.54, 1.807) is 24.0 Å². The van der Waals surface area contributed by atoms with Crippen molar-refractivity contribution >= 4 is 12.0 Å². The minimum Gasteiger partial charge on any atom is -0.454 e. The van der Waals surface area contributed by atoms with Crippen LogP contribution in [-0.2, 0) is 4.79 Å². The van der Waals surface area contributed by atoms with E-state index in [1.165, 1.54) is 0 Å². The third kappa shape index (κ3) is 3.19. The Kier molecular flexibility index (Phi) is 3.59. The van der Waals surface area contributed by atoms with Crippen molar-refractivity contribution in [3.8, 4) is 11.5 Å². The molecular formula is C16H19NO4. The Morgan fingerprint density at radius 2 is 2.19 bits per heavy atom. The Bertz CT molecular complexity index is 580. The zero-order chi connectivity index (χ0) is 14.9. The molecule has 1 atom stereocenters. The number of β-amino-alcohol motifs (C(OH)–C–C–N with tert-alkyl or cyclic N) is 1. The first-order valence-electron chi connectivity index (χ1n) is 7.13. The van der Waals surface area contributed by atoms with Crippen molar-refractivity contribution in [2.75, 3.05) is 19.9 Å². The number of carbonyl (C=O) groups is 1. The van der Waals surface area contributed by atoms with Crippen LogP contribution in [-0.4, -0.2) is 41.4 Å². The molecule has 1 saturated heterocycles. The molecule has 0 aromatic heterocycles. The molecule has 0 spiro atoms. The number of nitrogens with zero attached hydrogens (tertiary/aromatic N) is 1. The Morgan fingerprint density at radius 3 is 3.00 bits per heavy atom. The van der Waals surface area contributed by atoms with Gasteiger partial charge in [0.15, 0.2) is 11.5 Å².